The van der Waals surface area contributed by atoms with Gasteiger partial charge in [-0.15, -0.1) is 0 Å². The van der Waals surface area contributed by atoms with Crippen molar-refractivity contribution in [1.82, 2.24) is 10.3 Å². The summed E-state index contributed by atoms with van der Waals surface area (Å²) in [7, 11) is 0. The molecule has 21 heavy (non-hydrogen) atoms. The molecule has 0 saturated carbocycles. The van der Waals surface area contributed by atoms with Gasteiger partial charge >= 0.3 is 6.18 Å². The molecule has 2 rings (SSSR count). The number of anilines is 1. The Hall–Kier alpha value is -1.79. The van der Waals surface area contributed by atoms with E-state index in [1.54, 1.807) is 11.0 Å². The van der Waals surface area contributed by atoms with E-state index in [9.17, 15) is 18.0 Å². The zero-order valence-electron chi connectivity index (χ0n) is 11.8. The highest BCUT2D eigenvalue weighted by atomic mass is 19.4. The first-order valence-electron chi connectivity index (χ1n) is 6.98. The molecule has 1 amide bonds. The number of pyridine rings is 1. The fourth-order valence-corrected chi connectivity index (χ4v) is 2.48. The van der Waals surface area contributed by atoms with Crippen LogP contribution in [-0.4, -0.2) is 30.5 Å². The molecule has 4 nitrogen and oxygen atoms in total. The van der Waals surface area contributed by atoms with Gasteiger partial charge < -0.3 is 10.2 Å². The lowest BCUT2D eigenvalue weighted by Gasteiger charge is -2.33. The van der Waals surface area contributed by atoms with Gasteiger partial charge in [0.15, 0.2) is 0 Å². The molecule has 0 aromatic carbocycles. The number of hydrogen-bond acceptors (Lipinski definition) is 3. The molecule has 7 heteroatoms. The molecule has 1 aromatic rings. The number of rotatable bonds is 3. The van der Waals surface area contributed by atoms with E-state index in [1.165, 1.54) is 6.07 Å². The Labute approximate surface area is 121 Å². The van der Waals surface area contributed by atoms with Gasteiger partial charge in [0.2, 0.25) is 5.91 Å². The molecule has 0 radical (unpaired) electrons. The molecule has 1 aliphatic rings. The van der Waals surface area contributed by atoms with Crippen molar-refractivity contribution in [2.45, 2.75) is 25.9 Å². The van der Waals surface area contributed by atoms with Gasteiger partial charge in [-0.2, -0.15) is 13.2 Å². The standard InChI is InChI=1S/C14H18F3N3O/c1-2-18-13(21)10-5-4-8-20(9-10)12-7-3-6-11(19-12)14(15,16)17/h3,6-7,10H,2,4-5,8-9H2,1H3,(H,18,21)/t10-/m0/s1. The topological polar surface area (TPSA) is 45.2 Å². The molecule has 0 spiro atoms. The molecular weight excluding hydrogens is 283 g/mol. The second-order valence-corrected chi connectivity index (χ2v) is 5.06. The van der Waals surface area contributed by atoms with Gasteiger partial charge in [0.05, 0.1) is 5.92 Å². The molecule has 1 saturated heterocycles. The van der Waals surface area contributed by atoms with E-state index >= 15 is 0 Å². The summed E-state index contributed by atoms with van der Waals surface area (Å²) in [6, 6.07) is 3.85. The SMILES string of the molecule is CCNC(=O)[C@H]1CCCN(c2cccc(C(F)(F)F)n2)C1. The fraction of sp³-hybridized carbons (Fsp3) is 0.571. The van der Waals surface area contributed by atoms with Crippen LogP contribution in [0.1, 0.15) is 25.5 Å². The number of aromatic nitrogens is 1. The van der Waals surface area contributed by atoms with E-state index in [-0.39, 0.29) is 17.6 Å². The van der Waals surface area contributed by atoms with E-state index in [0.29, 0.717) is 19.6 Å². The first kappa shape index (κ1) is 15.6. The minimum atomic E-state index is -4.45. The van der Waals surface area contributed by atoms with Gasteiger partial charge in [-0.3, -0.25) is 4.79 Å². The van der Waals surface area contributed by atoms with Crippen molar-refractivity contribution in [3.05, 3.63) is 23.9 Å². The highest BCUT2D eigenvalue weighted by Gasteiger charge is 2.33. The number of carbonyl (C=O) groups is 1. The Morgan fingerprint density at radius 2 is 2.24 bits per heavy atom. The number of carbonyl (C=O) groups excluding carboxylic acids is 1. The van der Waals surface area contributed by atoms with Gasteiger partial charge in [-0.05, 0) is 31.9 Å². The minimum Gasteiger partial charge on any atom is -0.356 e. The van der Waals surface area contributed by atoms with Crippen molar-refractivity contribution < 1.29 is 18.0 Å². The molecule has 1 atom stereocenters. The Morgan fingerprint density at radius 1 is 1.48 bits per heavy atom. The summed E-state index contributed by atoms with van der Waals surface area (Å²) < 4.78 is 38.1. The monoisotopic (exact) mass is 301 g/mol. The number of amides is 1. The maximum Gasteiger partial charge on any atom is 0.433 e. The Bertz CT molecular complexity index is 504. The summed E-state index contributed by atoms with van der Waals surface area (Å²) >= 11 is 0. The molecule has 1 aliphatic heterocycles. The van der Waals surface area contributed by atoms with Crippen LogP contribution in [0.15, 0.2) is 18.2 Å². The van der Waals surface area contributed by atoms with Gasteiger partial charge in [0.1, 0.15) is 11.5 Å². The van der Waals surface area contributed by atoms with Crippen LogP contribution in [0.5, 0.6) is 0 Å². The van der Waals surface area contributed by atoms with Crippen LogP contribution in [0.3, 0.4) is 0 Å². The normalized spacial score (nSPS) is 19.4. The smallest absolute Gasteiger partial charge is 0.356 e. The average molecular weight is 301 g/mol. The van der Waals surface area contributed by atoms with E-state index in [4.69, 9.17) is 0 Å². The van der Waals surface area contributed by atoms with Crippen LogP contribution in [0.2, 0.25) is 0 Å². The quantitative estimate of drug-likeness (QED) is 0.933. The van der Waals surface area contributed by atoms with Crippen molar-refractivity contribution in [3.8, 4) is 0 Å². The number of piperidine rings is 1. The van der Waals surface area contributed by atoms with Crippen molar-refractivity contribution in [3.63, 3.8) is 0 Å². The molecule has 1 fully saturated rings. The van der Waals surface area contributed by atoms with E-state index < -0.39 is 11.9 Å². The van der Waals surface area contributed by atoms with E-state index in [2.05, 4.69) is 10.3 Å². The summed E-state index contributed by atoms with van der Waals surface area (Å²) in [6.45, 7) is 3.41. The van der Waals surface area contributed by atoms with Gasteiger partial charge in [0.25, 0.3) is 0 Å². The lowest BCUT2D eigenvalue weighted by molar-refractivity contribution is -0.141. The first-order valence-corrected chi connectivity index (χ1v) is 6.98. The number of halogens is 3. The molecule has 2 heterocycles. The molecule has 1 aromatic heterocycles. The molecule has 116 valence electrons. The molecule has 0 aliphatic carbocycles. The third-order valence-corrected chi connectivity index (χ3v) is 3.49. The maximum atomic E-state index is 12.7. The third-order valence-electron chi connectivity index (χ3n) is 3.49. The maximum absolute atomic E-state index is 12.7. The number of nitrogens with one attached hydrogen (secondary N) is 1. The van der Waals surface area contributed by atoms with Crippen molar-refractivity contribution in [2.75, 3.05) is 24.5 Å². The number of nitrogens with zero attached hydrogens (tertiary/aromatic N) is 2. The van der Waals surface area contributed by atoms with Crippen LogP contribution < -0.4 is 10.2 Å². The van der Waals surface area contributed by atoms with Gasteiger partial charge in [-0.1, -0.05) is 6.07 Å². The largest absolute Gasteiger partial charge is 0.433 e. The fourth-order valence-electron chi connectivity index (χ4n) is 2.48. The van der Waals surface area contributed by atoms with Crippen LogP contribution in [0.4, 0.5) is 19.0 Å². The predicted molar refractivity (Wildman–Crippen MR) is 72.9 cm³/mol. The van der Waals surface area contributed by atoms with Crippen LogP contribution in [0, 0.1) is 5.92 Å². The zero-order chi connectivity index (χ0) is 15.5. The average Bonchev–Trinajstić information content (AvgIpc) is 2.47. The summed E-state index contributed by atoms with van der Waals surface area (Å²) in [5.41, 5.74) is -0.903. The van der Waals surface area contributed by atoms with E-state index in [0.717, 1.165) is 18.9 Å². The number of alkyl halides is 3. The molecule has 0 unspecified atom stereocenters. The Morgan fingerprint density at radius 3 is 2.90 bits per heavy atom. The van der Waals surface area contributed by atoms with Gasteiger partial charge in [0, 0.05) is 19.6 Å². The van der Waals surface area contributed by atoms with E-state index in [1.807, 2.05) is 6.92 Å². The van der Waals surface area contributed by atoms with Crippen LogP contribution >= 0.6 is 0 Å². The first-order chi connectivity index (χ1) is 9.91. The van der Waals surface area contributed by atoms with Crippen molar-refractivity contribution in [2.24, 2.45) is 5.92 Å². The minimum absolute atomic E-state index is 0.0471. The summed E-state index contributed by atoms with van der Waals surface area (Å²) in [5.74, 6) is 0.0306. The highest BCUT2D eigenvalue weighted by Crippen LogP contribution is 2.30. The lowest BCUT2D eigenvalue weighted by atomic mass is 9.97. The van der Waals surface area contributed by atoms with Gasteiger partial charge in [-0.25, -0.2) is 4.98 Å². The predicted octanol–water partition coefficient (Wildman–Crippen LogP) is 2.45. The molecule has 0 bridgehead atoms. The molecular formula is C14H18F3N3O. The van der Waals surface area contributed by atoms with Crippen LogP contribution in [0.25, 0.3) is 0 Å². The zero-order valence-corrected chi connectivity index (χ0v) is 11.8. The lowest BCUT2D eigenvalue weighted by Crippen LogP contribution is -2.43. The third kappa shape index (κ3) is 3.86. The molecule has 1 N–H and O–H groups in total. The summed E-state index contributed by atoms with van der Waals surface area (Å²) in [4.78, 5) is 17.3. The summed E-state index contributed by atoms with van der Waals surface area (Å²) in [6.07, 6.45) is -2.94. The van der Waals surface area contributed by atoms with Crippen molar-refractivity contribution in [1.29, 1.82) is 0 Å². The van der Waals surface area contributed by atoms with Crippen molar-refractivity contribution >= 4 is 11.7 Å². The Kier molecular flexibility index (Phi) is 4.69. The second-order valence-electron chi connectivity index (χ2n) is 5.06. The highest BCUT2D eigenvalue weighted by molar-refractivity contribution is 5.79. The number of hydrogen-bond donors (Lipinski definition) is 1. The summed E-state index contributed by atoms with van der Waals surface area (Å²) in [5, 5.41) is 2.76. The second kappa shape index (κ2) is 6.32. The Balaban J connectivity index is 2.13. The van der Waals surface area contributed by atoms with Crippen LogP contribution in [-0.2, 0) is 11.0 Å².